The number of carboxylic acid groups (broad SMARTS) is 1. The quantitative estimate of drug-likeness (QED) is 0.790. The maximum atomic E-state index is 10.6. The van der Waals surface area contributed by atoms with E-state index in [1.54, 1.807) is 0 Å². The van der Waals surface area contributed by atoms with Gasteiger partial charge in [0.15, 0.2) is 0 Å². The van der Waals surface area contributed by atoms with Gasteiger partial charge in [-0.1, -0.05) is 19.9 Å². The van der Waals surface area contributed by atoms with Crippen LogP contribution in [0.5, 0.6) is 0 Å². The third-order valence-electron chi connectivity index (χ3n) is 2.38. The lowest BCUT2D eigenvalue weighted by Crippen LogP contribution is -2.32. The van der Waals surface area contributed by atoms with E-state index in [1.165, 1.54) is 17.3 Å². The van der Waals surface area contributed by atoms with Gasteiger partial charge in [-0.05, 0) is 23.5 Å². The van der Waals surface area contributed by atoms with E-state index in [1.807, 2.05) is 12.4 Å². The second-order valence-electron chi connectivity index (χ2n) is 4.76. The highest BCUT2D eigenvalue weighted by Gasteiger charge is 2.10. The van der Waals surface area contributed by atoms with E-state index in [0.717, 1.165) is 17.7 Å². The number of hydrogen-bond acceptors (Lipinski definition) is 4. The predicted octanol–water partition coefficient (Wildman–Crippen LogP) is 1.93. The minimum Gasteiger partial charge on any atom is -0.480 e. The summed E-state index contributed by atoms with van der Waals surface area (Å²) in [4.78, 5) is 14.8. The van der Waals surface area contributed by atoms with Gasteiger partial charge in [0.05, 0.1) is 0 Å². The largest absolute Gasteiger partial charge is 0.480 e. The summed E-state index contributed by atoms with van der Waals surface area (Å²) >= 11 is 1.52. The number of aliphatic carboxylic acids is 1. The number of pyridine rings is 1. The molecule has 100 valence electrons. The molecule has 18 heavy (non-hydrogen) atoms. The van der Waals surface area contributed by atoms with Crippen molar-refractivity contribution in [3.8, 4) is 0 Å². The smallest absolute Gasteiger partial charge is 0.321 e. The molecule has 0 aromatic carbocycles. The summed E-state index contributed by atoms with van der Waals surface area (Å²) in [6.07, 6.45) is 4.72. The Morgan fingerprint density at radius 3 is 2.72 bits per heavy atom. The van der Waals surface area contributed by atoms with Crippen molar-refractivity contribution in [2.24, 2.45) is 11.7 Å². The van der Waals surface area contributed by atoms with Crippen molar-refractivity contribution in [3.05, 3.63) is 29.6 Å². The summed E-state index contributed by atoms with van der Waals surface area (Å²) in [7, 11) is 0. The van der Waals surface area contributed by atoms with Crippen molar-refractivity contribution in [1.82, 2.24) is 4.98 Å². The lowest BCUT2D eigenvalue weighted by atomic mass is 10.0. The van der Waals surface area contributed by atoms with Crippen LogP contribution < -0.4 is 5.73 Å². The Bertz CT molecular complexity index is 396. The van der Waals surface area contributed by atoms with Gasteiger partial charge >= 0.3 is 5.97 Å². The fraction of sp³-hybridized carbons (Fsp3) is 0.538. The molecule has 1 heterocycles. The topological polar surface area (TPSA) is 76.2 Å². The van der Waals surface area contributed by atoms with Crippen LogP contribution in [0.3, 0.4) is 0 Å². The summed E-state index contributed by atoms with van der Waals surface area (Å²) in [6.45, 7) is 4.35. The van der Waals surface area contributed by atoms with Gasteiger partial charge in [0.1, 0.15) is 6.04 Å². The van der Waals surface area contributed by atoms with Crippen LogP contribution in [0.1, 0.15) is 25.0 Å². The van der Waals surface area contributed by atoms with Crippen molar-refractivity contribution in [2.75, 3.05) is 5.75 Å². The Morgan fingerprint density at radius 1 is 1.44 bits per heavy atom. The molecule has 0 radical (unpaired) electrons. The first-order chi connectivity index (χ1) is 8.49. The molecule has 4 nitrogen and oxygen atoms in total. The number of nitrogens with zero attached hydrogens (tertiary/aromatic N) is 1. The Hall–Kier alpha value is -1.07. The Morgan fingerprint density at radius 2 is 2.11 bits per heavy atom. The number of carboxylic acids is 1. The standard InChI is InChI=1S/C13H20N2O2S/c1-9(2)3-10-4-11(6-15-5-10)7-18-8-12(14)13(16)17/h4-6,9,12H,3,7-8,14H2,1-2H3,(H,16,17)/t12-/m0/s1. The van der Waals surface area contributed by atoms with Gasteiger partial charge in [-0.15, -0.1) is 0 Å². The van der Waals surface area contributed by atoms with Crippen molar-refractivity contribution in [3.63, 3.8) is 0 Å². The summed E-state index contributed by atoms with van der Waals surface area (Å²) < 4.78 is 0. The second kappa shape index (κ2) is 7.38. The lowest BCUT2D eigenvalue weighted by molar-refractivity contribution is -0.137. The number of rotatable bonds is 7. The van der Waals surface area contributed by atoms with Crippen LogP contribution in [0.2, 0.25) is 0 Å². The van der Waals surface area contributed by atoms with Crippen LogP contribution in [0.25, 0.3) is 0 Å². The minimum atomic E-state index is -0.950. The maximum Gasteiger partial charge on any atom is 0.321 e. The Kier molecular flexibility index (Phi) is 6.15. The molecular weight excluding hydrogens is 248 g/mol. The molecule has 0 amide bonds. The van der Waals surface area contributed by atoms with Crippen LogP contribution in [0.4, 0.5) is 0 Å². The first-order valence-corrected chi connectivity index (χ1v) is 7.13. The second-order valence-corrected chi connectivity index (χ2v) is 5.79. The van der Waals surface area contributed by atoms with Gasteiger partial charge in [-0.3, -0.25) is 9.78 Å². The maximum absolute atomic E-state index is 10.6. The molecule has 0 aliphatic carbocycles. The van der Waals surface area contributed by atoms with E-state index in [2.05, 4.69) is 24.9 Å². The molecule has 0 aliphatic rings. The molecule has 0 aliphatic heterocycles. The third kappa shape index (κ3) is 5.51. The van der Waals surface area contributed by atoms with E-state index in [-0.39, 0.29) is 0 Å². The fourth-order valence-electron chi connectivity index (χ4n) is 1.58. The van der Waals surface area contributed by atoms with Crippen LogP contribution in [0, 0.1) is 5.92 Å². The number of nitrogens with two attached hydrogens (primary N) is 1. The molecule has 1 aromatic heterocycles. The fourth-order valence-corrected chi connectivity index (χ4v) is 2.49. The van der Waals surface area contributed by atoms with Crippen LogP contribution in [-0.4, -0.2) is 27.9 Å². The molecule has 0 saturated heterocycles. The molecule has 1 atom stereocenters. The van der Waals surface area contributed by atoms with Crippen molar-refractivity contribution < 1.29 is 9.90 Å². The summed E-state index contributed by atoms with van der Waals surface area (Å²) in [5.41, 5.74) is 7.79. The average molecular weight is 268 g/mol. The summed E-state index contributed by atoms with van der Waals surface area (Å²) in [6, 6.07) is 1.34. The minimum absolute atomic E-state index is 0.420. The molecule has 0 bridgehead atoms. The van der Waals surface area contributed by atoms with Crippen molar-refractivity contribution in [1.29, 1.82) is 0 Å². The summed E-state index contributed by atoms with van der Waals surface area (Å²) in [5.74, 6) is 0.827. The highest BCUT2D eigenvalue weighted by atomic mass is 32.2. The first-order valence-electron chi connectivity index (χ1n) is 5.98. The van der Waals surface area contributed by atoms with E-state index in [9.17, 15) is 4.79 Å². The average Bonchev–Trinajstić information content (AvgIpc) is 2.28. The molecule has 0 unspecified atom stereocenters. The van der Waals surface area contributed by atoms with Crippen LogP contribution in [0.15, 0.2) is 18.5 Å². The van der Waals surface area contributed by atoms with Crippen LogP contribution >= 0.6 is 11.8 Å². The van der Waals surface area contributed by atoms with Gasteiger partial charge in [0.25, 0.3) is 0 Å². The highest BCUT2D eigenvalue weighted by Crippen LogP contribution is 2.15. The lowest BCUT2D eigenvalue weighted by Gasteiger charge is -2.08. The Labute approximate surface area is 112 Å². The summed E-state index contributed by atoms with van der Waals surface area (Å²) in [5, 5.41) is 8.67. The SMILES string of the molecule is CC(C)Cc1cncc(CSC[C@H](N)C(=O)O)c1. The Balaban J connectivity index is 2.45. The molecule has 1 rings (SSSR count). The van der Waals surface area contributed by atoms with Gasteiger partial charge in [-0.2, -0.15) is 11.8 Å². The predicted molar refractivity (Wildman–Crippen MR) is 74.6 cm³/mol. The first kappa shape index (κ1) is 15.0. The molecule has 3 N–H and O–H groups in total. The van der Waals surface area contributed by atoms with E-state index >= 15 is 0 Å². The van der Waals surface area contributed by atoms with Gasteiger partial charge in [0.2, 0.25) is 0 Å². The van der Waals surface area contributed by atoms with Crippen LogP contribution in [-0.2, 0) is 17.0 Å². The van der Waals surface area contributed by atoms with Crippen molar-refractivity contribution >= 4 is 17.7 Å². The monoisotopic (exact) mass is 268 g/mol. The highest BCUT2D eigenvalue weighted by molar-refractivity contribution is 7.98. The van der Waals surface area contributed by atoms with E-state index in [4.69, 9.17) is 10.8 Å². The normalized spacial score (nSPS) is 12.7. The molecule has 1 aromatic rings. The molecule has 5 heteroatoms. The van der Waals surface area contributed by atoms with Gasteiger partial charge in [-0.25, -0.2) is 0 Å². The molecule has 0 fully saturated rings. The zero-order valence-corrected chi connectivity index (χ0v) is 11.6. The molecule has 0 saturated carbocycles. The van der Waals surface area contributed by atoms with Crippen molar-refractivity contribution in [2.45, 2.75) is 32.1 Å². The third-order valence-corrected chi connectivity index (χ3v) is 3.51. The van der Waals surface area contributed by atoms with Gasteiger partial charge < -0.3 is 10.8 Å². The zero-order chi connectivity index (χ0) is 13.5. The molecule has 0 spiro atoms. The number of thioether (sulfide) groups is 1. The molecular formula is C13H20N2O2S. The number of carbonyl (C=O) groups is 1. The van der Waals surface area contributed by atoms with E-state index in [0.29, 0.717) is 11.7 Å². The number of aromatic nitrogens is 1. The van der Waals surface area contributed by atoms with E-state index < -0.39 is 12.0 Å². The van der Waals surface area contributed by atoms with Gasteiger partial charge in [0, 0.05) is 23.9 Å². The zero-order valence-electron chi connectivity index (χ0n) is 10.8. The number of hydrogen-bond donors (Lipinski definition) is 2.